The molecule has 8 fully saturated rings. The number of hydrogen-bond donors (Lipinski definition) is 3. The fourth-order valence-corrected chi connectivity index (χ4v) is 10.9. The van der Waals surface area contributed by atoms with Crippen molar-refractivity contribution in [2.75, 3.05) is 20.0 Å². The maximum atomic E-state index is 12.5. The van der Waals surface area contributed by atoms with E-state index >= 15 is 0 Å². The van der Waals surface area contributed by atoms with Crippen LogP contribution in [0.15, 0.2) is 0 Å². The van der Waals surface area contributed by atoms with Crippen molar-refractivity contribution in [3.05, 3.63) is 0 Å². The lowest BCUT2D eigenvalue weighted by Gasteiger charge is -2.64. The first kappa shape index (κ1) is 25.8. The third kappa shape index (κ3) is 3.29. The Balaban J connectivity index is 1.02. The van der Waals surface area contributed by atoms with Gasteiger partial charge in [0.25, 0.3) is 0 Å². The van der Waals surface area contributed by atoms with Crippen LogP contribution in [0.1, 0.15) is 77.6 Å². The number of aliphatic hydroxyl groups is 3. The highest BCUT2D eigenvalue weighted by Crippen LogP contribution is 2.72. The van der Waals surface area contributed by atoms with Gasteiger partial charge in [-0.3, -0.25) is 4.79 Å². The summed E-state index contributed by atoms with van der Waals surface area (Å²) < 4.78 is 35.7. The Hall–Kier alpha value is -0.850. The lowest BCUT2D eigenvalue weighted by atomic mass is 9.45. The first-order chi connectivity index (χ1) is 18.6. The van der Waals surface area contributed by atoms with Crippen molar-refractivity contribution in [2.45, 2.75) is 131 Å². The van der Waals surface area contributed by atoms with Crippen LogP contribution in [0.4, 0.5) is 0 Å². The Morgan fingerprint density at radius 2 is 1.72 bits per heavy atom. The summed E-state index contributed by atoms with van der Waals surface area (Å²) in [6.45, 7) is 2.95. The van der Waals surface area contributed by atoms with Crippen LogP contribution in [0, 0.1) is 23.2 Å². The monoisotopic (exact) mass is 550 g/mol. The third-order valence-corrected chi connectivity index (χ3v) is 12.7. The molecular weight excluding hydrogens is 508 g/mol. The van der Waals surface area contributed by atoms with Gasteiger partial charge in [-0.1, -0.05) is 0 Å². The molecule has 4 aliphatic heterocycles. The van der Waals surface area contributed by atoms with Gasteiger partial charge in [0, 0.05) is 24.2 Å². The van der Waals surface area contributed by atoms with Crippen LogP contribution in [0.2, 0.25) is 0 Å². The van der Waals surface area contributed by atoms with Gasteiger partial charge in [0.2, 0.25) is 0 Å². The Morgan fingerprint density at radius 1 is 0.923 bits per heavy atom. The first-order valence-electron chi connectivity index (χ1n) is 15.1. The summed E-state index contributed by atoms with van der Waals surface area (Å²) in [5.74, 6) is -0.470. The summed E-state index contributed by atoms with van der Waals surface area (Å²) in [7, 11) is 0. The molecule has 218 valence electrons. The quantitative estimate of drug-likeness (QED) is 0.344. The molecule has 0 amide bonds. The molecule has 3 N–H and O–H groups in total. The predicted molar refractivity (Wildman–Crippen MR) is 132 cm³/mol. The molecule has 13 atom stereocenters. The molecule has 0 aromatic carbocycles. The Bertz CT molecular complexity index is 1040. The van der Waals surface area contributed by atoms with Crippen molar-refractivity contribution >= 4 is 5.97 Å². The summed E-state index contributed by atoms with van der Waals surface area (Å²) in [5, 5.41) is 36.8. The summed E-state index contributed by atoms with van der Waals surface area (Å²) in [6, 6.07) is 0. The van der Waals surface area contributed by atoms with Crippen LogP contribution < -0.4 is 0 Å². The number of ether oxygens (including phenoxy) is 6. The first-order valence-corrected chi connectivity index (χ1v) is 15.1. The van der Waals surface area contributed by atoms with Gasteiger partial charge in [-0.15, -0.1) is 0 Å². The lowest BCUT2D eigenvalue weighted by molar-refractivity contribution is -0.311. The van der Waals surface area contributed by atoms with E-state index in [0.717, 1.165) is 25.7 Å². The predicted octanol–water partition coefficient (Wildman–Crippen LogP) is 1.56. The van der Waals surface area contributed by atoms with Gasteiger partial charge in [0.15, 0.2) is 6.29 Å². The summed E-state index contributed by atoms with van der Waals surface area (Å²) >= 11 is 0. The molecule has 4 saturated heterocycles. The van der Waals surface area contributed by atoms with Gasteiger partial charge < -0.3 is 43.7 Å². The van der Waals surface area contributed by atoms with Crippen molar-refractivity contribution in [1.82, 2.24) is 0 Å². The molecule has 4 heterocycles. The van der Waals surface area contributed by atoms with E-state index in [1.807, 2.05) is 6.92 Å². The van der Waals surface area contributed by atoms with Crippen molar-refractivity contribution in [3.8, 4) is 0 Å². The molecule has 39 heavy (non-hydrogen) atoms. The molecule has 10 nitrogen and oxygen atoms in total. The van der Waals surface area contributed by atoms with Crippen LogP contribution >= 0.6 is 0 Å². The van der Waals surface area contributed by atoms with Crippen LogP contribution in [0.25, 0.3) is 0 Å². The number of fused-ring (bicyclic) bond motifs is 6. The molecule has 0 bridgehead atoms. The molecule has 0 aromatic rings. The molecule has 2 spiro atoms. The van der Waals surface area contributed by atoms with E-state index in [-0.39, 0.29) is 68.0 Å². The lowest BCUT2D eigenvalue weighted by Crippen LogP contribution is -2.72. The smallest absolute Gasteiger partial charge is 0.308 e. The van der Waals surface area contributed by atoms with Crippen molar-refractivity contribution in [2.24, 2.45) is 23.2 Å². The molecule has 13 unspecified atom stereocenters. The second kappa shape index (κ2) is 8.37. The SMILES string of the molecule is CC1CC2OCOC2C(OC2CCC3(O)C4CCC56COC7(COC(=O)C7)C5CCC6(O)C4CCC3(O)C2)O1. The highest BCUT2D eigenvalue weighted by molar-refractivity contribution is 5.73. The van der Waals surface area contributed by atoms with Gasteiger partial charge in [-0.05, 0) is 70.1 Å². The highest BCUT2D eigenvalue weighted by atomic mass is 16.8. The number of rotatable bonds is 2. The fraction of sp³-hybridized carbons (Fsp3) is 0.966. The standard InChI is InChI=1S/C29H42O10/c1-16-10-20-23(36-15-35-20)24(38-16)39-17-2-8-29(33)19-3-6-25-13-37-26(12-22(30)34-14-26)21(25)5-9-28(25,32)18(19)4-7-27(29,31)11-17/h16-21,23-24,31-33H,2-15H2,1H3. The maximum absolute atomic E-state index is 12.5. The molecule has 4 saturated carbocycles. The van der Waals surface area contributed by atoms with Gasteiger partial charge >= 0.3 is 5.97 Å². The molecule has 0 aromatic heterocycles. The summed E-state index contributed by atoms with van der Waals surface area (Å²) in [4.78, 5) is 12.1. The minimum Gasteiger partial charge on any atom is -0.462 e. The van der Waals surface area contributed by atoms with Crippen molar-refractivity contribution in [3.63, 3.8) is 0 Å². The van der Waals surface area contributed by atoms with Crippen LogP contribution in [-0.4, -0.2) is 94.4 Å². The Kier molecular flexibility index (Phi) is 5.54. The van der Waals surface area contributed by atoms with Crippen molar-refractivity contribution in [1.29, 1.82) is 0 Å². The van der Waals surface area contributed by atoms with Crippen molar-refractivity contribution < 1.29 is 48.5 Å². The average molecular weight is 551 g/mol. The zero-order valence-corrected chi connectivity index (χ0v) is 22.7. The van der Waals surface area contributed by atoms with E-state index in [0.29, 0.717) is 45.1 Å². The Morgan fingerprint density at radius 3 is 2.54 bits per heavy atom. The second-order valence-electron chi connectivity index (χ2n) is 14.1. The molecule has 8 rings (SSSR count). The van der Waals surface area contributed by atoms with E-state index in [1.54, 1.807) is 0 Å². The Labute approximate surface area is 228 Å². The van der Waals surface area contributed by atoms with Crippen LogP contribution in [0.5, 0.6) is 0 Å². The average Bonchev–Trinajstić information content (AvgIpc) is 3.64. The molecule has 4 aliphatic carbocycles. The van der Waals surface area contributed by atoms with Gasteiger partial charge in [-0.25, -0.2) is 0 Å². The van der Waals surface area contributed by atoms with E-state index < -0.39 is 34.1 Å². The van der Waals surface area contributed by atoms with E-state index in [2.05, 4.69) is 0 Å². The largest absolute Gasteiger partial charge is 0.462 e. The fourth-order valence-electron chi connectivity index (χ4n) is 10.9. The normalized spacial score (nSPS) is 59.8. The number of carbonyl (C=O) groups excluding carboxylic acids is 1. The summed E-state index contributed by atoms with van der Waals surface area (Å²) in [5.41, 5.74) is -4.61. The van der Waals surface area contributed by atoms with Gasteiger partial charge in [0.1, 0.15) is 25.1 Å². The molecule has 8 aliphatic rings. The van der Waals surface area contributed by atoms with E-state index in [9.17, 15) is 20.1 Å². The van der Waals surface area contributed by atoms with Gasteiger partial charge in [-0.2, -0.15) is 0 Å². The highest BCUT2D eigenvalue weighted by Gasteiger charge is 2.77. The van der Waals surface area contributed by atoms with E-state index in [1.165, 1.54) is 0 Å². The maximum Gasteiger partial charge on any atom is 0.308 e. The topological polar surface area (TPSA) is 133 Å². The molecule has 0 radical (unpaired) electrons. The second-order valence-corrected chi connectivity index (χ2v) is 14.1. The number of hydrogen-bond acceptors (Lipinski definition) is 10. The zero-order valence-electron chi connectivity index (χ0n) is 22.7. The third-order valence-electron chi connectivity index (χ3n) is 12.7. The minimum atomic E-state index is -1.29. The van der Waals surface area contributed by atoms with Gasteiger partial charge in [0.05, 0.1) is 48.1 Å². The number of cyclic esters (lactones) is 1. The zero-order chi connectivity index (χ0) is 26.8. The van der Waals surface area contributed by atoms with Crippen LogP contribution in [0.3, 0.4) is 0 Å². The van der Waals surface area contributed by atoms with E-state index in [4.69, 9.17) is 28.4 Å². The summed E-state index contributed by atoms with van der Waals surface area (Å²) in [6.07, 6.45) is 5.17. The number of carbonyl (C=O) groups is 1. The minimum absolute atomic E-state index is 0.00448. The molecule has 10 heteroatoms. The number of esters is 1. The van der Waals surface area contributed by atoms with Crippen LogP contribution in [-0.2, 0) is 33.2 Å². The molecular formula is C29H42O10.